The number of amides is 2. The molecule has 2 rings (SSSR count). The number of carbonyl (C=O) groups excluding carboxylic acids is 1. The number of urea groups is 1. The van der Waals surface area contributed by atoms with Gasteiger partial charge in [-0.15, -0.1) is 0 Å². The molecule has 0 spiro atoms. The van der Waals surface area contributed by atoms with Crippen molar-refractivity contribution in [2.75, 3.05) is 10.6 Å². The van der Waals surface area contributed by atoms with Crippen molar-refractivity contribution in [3.63, 3.8) is 0 Å². The standard InChI is InChI=1S/C15H15FN2O/c1-10-7-11(2)9-14(8-10)18-15(19)17-13-5-3-12(16)4-6-13/h3-9H,1-2H3,(H2,17,18,19). The minimum Gasteiger partial charge on any atom is -0.308 e. The molecule has 3 nitrogen and oxygen atoms in total. The molecule has 98 valence electrons. The number of carbonyl (C=O) groups is 1. The molecule has 0 saturated heterocycles. The molecular formula is C15H15FN2O. The first kappa shape index (κ1) is 13.1. The van der Waals surface area contributed by atoms with Gasteiger partial charge in [-0.2, -0.15) is 0 Å². The zero-order valence-corrected chi connectivity index (χ0v) is 10.8. The quantitative estimate of drug-likeness (QED) is 0.837. The molecule has 2 aromatic carbocycles. The Labute approximate surface area is 111 Å². The first-order chi connectivity index (χ1) is 9.02. The Bertz CT molecular complexity index is 573. The van der Waals surface area contributed by atoms with Gasteiger partial charge in [-0.05, 0) is 61.4 Å². The highest BCUT2D eigenvalue weighted by Gasteiger charge is 2.03. The van der Waals surface area contributed by atoms with E-state index in [1.54, 1.807) is 0 Å². The molecule has 2 N–H and O–H groups in total. The van der Waals surface area contributed by atoms with Gasteiger partial charge in [-0.3, -0.25) is 0 Å². The summed E-state index contributed by atoms with van der Waals surface area (Å²) in [5, 5.41) is 5.38. The molecule has 2 amide bonds. The lowest BCUT2D eigenvalue weighted by molar-refractivity contribution is 0.262. The average molecular weight is 258 g/mol. The number of halogens is 1. The van der Waals surface area contributed by atoms with Gasteiger partial charge in [0, 0.05) is 11.4 Å². The van der Waals surface area contributed by atoms with Crippen molar-refractivity contribution in [2.24, 2.45) is 0 Å². The highest BCUT2D eigenvalue weighted by atomic mass is 19.1. The maximum atomic E-state index is 12.7. The zero-order chi connectivity index (χ0) is 13.8. The van der Waals surface area contributed by atoms with Crippen LogP contribution in [0.15, 0.2) is 42.5 Å². The van der Waals surface area contributed by atoms with E-state index < -0.39 is 0 Å². The van der Waals surface area contributed by atoms with Crippen LogP contribution in [0.25, 0.3) is 0 Å². The Kier molecular flexibility index (Phi) is 3.80. The lowest BCUT2D eigenvalue weighted by atomic mass is 10.1. The van der Waals surface area contributed by atoms with Crippen molar-refractivity contribution in [3.8, 4) is 0 Å². The predicted octanol–water partition coefficient (Wildman–Crippen LogP) is 4.09. The molecule has 0 aliphatic carbocycles. The van der Waals surface area contributed by atoms with Gasteiger partial charge in [0.25, 0.3) is 0 Å². The third kappa shape index (κ3) is 3.81. The molecule has 0 aliphatic rings. The van der Waals surface area contributed by atoms with Gasteiger partial charge < -0.3 is 10.6 Å². The number of benzene rings is 2. The second-order valence-corrected chi connectivity index (χ2v) is 4.46. The first-order valence-electron chi connectivity index (χ1n) is 5.95. The second-order valence-electron chi connectivity index (χ2n) is 4.46. The number of aryl methyl sites for hydroxylation is 2. The molecule has 0 unspecified atom stereocenters. The van der Waals surface area contributed by atoms with Crippen LogP contribution in [0.3, 0.4) is 0 Å². The lowest BCUT2D eigenvalue weighted by Gasteiger charge is -2.09. The summed E-state index contributed by atoms with van der Waals surface area (Å²) in [6, 6.07) is 11.1. The van der Waals surface area contributed by atoms with Gasteiger partial charge >= 0.3 is 6.03 Å². The van der Waals surface area contributed by atoms with Gasteiger partial charge in [-0.1, -0.05) is 6.07 Å². The minimum absolute atomic E-state index is 0.333. The normalized spacial score (nSPS) is 10.1. The summed E-state index contributed by atoms with van der Waals surface area (Å²) < 4.78 is 12.7. The monoisotopic (exact) mass is 258 g/mol. The molecule has 0 aliphatic heterocycles. The van der Waals surface area contributed by atoms with Crippen molar-refractivity contribution in [2.45, 2.75) is 13.8 Å². The molecule has 0 aromatic heterocycles. The summed E-state index contributed by atoms with van der Waals surface area (Å²) >= 11 is 0. The number of hydrogen-bond donors (Lipinski definition) is 2. The summed E-state index contributed by atoms with van der Waals surface area (Å²) in [6.07, 6.45) is 0. The summed E-state index contributed by atoms with van der Waals surface area (Å²) in [6.45, 7) is 3.94. The summed E-state index contributed by atoms with van der Waals surface area (Å²) in [4.78, 5) is 11.8. The molecule has 4 heteroatoms. The van der Waals surface area contributed by atoms with E-state index in [0.29, 0.717) is 5.69 Å². The Hall–Kier alpha value is -2.36. The second kappa shape index (κ2) is 5.52. The number of nitrogens with one attached hydrogen (secondary N) is 2. The Balaban J connectivity index is 2.03. The largest absolute Gasteiger partial charge is 0.323 e. The van der Waals surface area contributed by atoms with Crippen LogP contribution < -0.4 is 10.6 Å². The predicted molar refractivity (Wildman–Crippen MR) is 75.0 cm³/mol. The molecule has 0 bridgehead atoms. The Morgan fingerprint density at radius 1 is 0.895 bits per heavy atom. The van der Waals surface area contributed by atoms with Crippen LogP contribution in [0.2, 0.25) is 0 Å². The van der Waals surface area contributed by atoms with E-state index in [0.717, 1.165) is 16.8 Å². The fraction of sp³-hybridized carbons (Fsp3) is 0.133. The van der Waals surface area contributed by atoms with Crippen LogP contribution in [0.4, 0.5) is 20.6 Å². The number of rotatable bonds is 2. The maximum Gasteiger partial charge on any atom is 0.323 e. The molecular weight excluding hydrogens is 243 g/mol. The van der Waals surface area contributed by atoms with Gasteiger partial charge in [-0.25, -0.2) is 9.18 Å². The van der Waals surface area contributed by atoms with Crippen LogP contribution in [0.1, 0.15) is 11.1 Å². The summed E-state index contributed by atoms with van der Waals surface area (Å²) in [5.74, 6) is -0.333. The van der Waals surface area contributed by atoms with Crippen LogP contribution in [0.5, 0.6) is 0 Å². The summed E-state index contributed by atoms with van der Waals surface area (Å²) in [7, 11) is 0. The molecule has 19 heavy (non-hydrogen) atoms. The van der Waals surface area contributed by atoms with Crippen LogP contribution in [-0.2, 0) is 0 Å². The molecule has 0 heterocycles. The Morgan fingerprint density at radius 3 is 2.00 bits per heavy atom. The van der Waals surface area contributed by atoms with E-state index in [1.165, 1.54) is 24.3 Å². The van der Waals surface area contributed by atoms with E-state index in [2.05, 4.69) is 10.6 Å². The van der Waals surface area contributed by atoms with Gasteiger partial charge in [0.1, 0.15) is 5.82 Å². The minimum atomic E-state index is -0.350. The number of anilines is 2. The van der Waals surface area contributed by atoms with E-state index >= 15 is 0 Å². The smallest absolute Gasteiger partial charge is 0.308 e. The fourth-order valence-electron chi connectivity index (χ4n) is 1.87. The van der Waals surface area contributed by atoms with Crippen molar-refractivity contribution < 1.29 is 9.18 Å². The highest BCUT2D eigenvalue weighted by molar-refractivity contribution is 5.99. The molecule has 2 aromatic rings. The fourth-order valence-corrected chi connectivity index (χ4v) is 1.87. The maximum absolute atomic E-state index is 12.7. The van der Waals surface area contributed by atoms with E-state index in [9.17, 15) is 9.18 Å². The molecule has 0 atom stereocenters. The van der Waals surface area contributed by atoms with Crippen molar-refractivity contribution in [1.82, 2.24) is 0 Å². The summed E-state index contributed by atoms with van der Waals surface area (Å²) in [5.41, 5.74) is 3.44. The van der Waals surface area contributed by atoms with E-state index in [4.69, 9.17) is 0 Å². The van der Waals surface area contributed by atoms with Crippen LogP contribution in [-0.4, -0.2) is 6.03 Å². The third-order valence-corrected chi connectivity index (χ3v) is 2.58. The van der Waals surface area contributed by atoms with Gasteiger partial charge in [0.15, 0.2) is 0 Å². The average Bonchev–Trinajstić information content (AvgIpc) is 2.30. The highest BCUT2D eigenvalue weighted by Crippen LogP contribution is 2.14. The Morgan fingerprint density at radius 2 is 1.42 bits per heavy atom. The van der Waals surface area contributed by atoms with Crippen molar-refractivity contribution in [1.29, 1.82) is 0 Å². The topological polar surface area (TPSA) is 41.1 Å². The lowest BCUT2D eigenvalue weighted by Crippen LogP contribution is -2.19. The van der Waals surface area contributed by atoms with E-state index in [-0.39, 0.29) is 11.8 Å². The van der Waals surface area contributed by atoms with Crippen molar-refractivity contribution >= 4 is 17.4 Å². The van der Waals surface area contributed by atoms with Crippen LogP contribution in [0, 0.1) is 19.7 Å². The molecule has 0 fully saturated rings. The van der Waals surface area contributed by atoms with Crippen molar-refractivity contribution in [3.05, 3.63) is 59.4 Å². The third-order valence-electron chi connectivity index (χ3n) is 2.58. The van der Waals surface area contributed by atoms with Gasteiger partial charge in [0.05, 0.1) is 0 Å². The zero-order valence-electron chi connectivity index (χ0n) is 10.8. The van der Waals surface area contributed by atoms with E-state index in [1.807, 2.05) is 32.0 Å². The molecule has 0 radical (unpaired) electrons. The SMILES string of the molecule is Cc1cc(C)cc(NC(=O)Nc2ccc(F)cc2)c1. The van der Waals surface area contributed by atoms with Gasteiger partial charge in [0.2, 0.25) is 0 Å². The molecule has 0 saturated carbocycles. The first-order valence-corrected chi connectivity index (χ1v) is 5.95. The van der Waals surface area contributed by atoms with Crippen LogP contribution >= 0.6 is 0 Å². The number of hydrogen-bond acceptors (Lipinski definition) is 1.